The third-order valence-corrected chi connectivity index (χ3v) is 4.06. The predicted octanol–water partition coefficient (Wildman–Crippen LogP) is 4.34. The zero-order valence-electron chi connectivity index (χ0n) is 10.8. The van der Waals surface area contributed by atoms with Gasteiger partial charge in [0.05, 0.1) is 0 Å². The molecule has 18 heavy (non-hydrogen) atoms. The minimum Gasteiger partial charge on any atom is -0.326 e. The van der Waals surface area contributed by atoms with Crippen LogP contribution in [-0.2, 0) is 6.54 Å². The molecule has 0 aliphatic rings. The highest BCUT2D eigenvalue weighted by Crippen LogP contribution is 2.20. The van der Waals surface area contributed by atoms with Crippen LogP contribution in [0.25, 0.3) is 0 Å². The molecule has 3 nitrogen and oxygen atoms in total. The molecule has 2 aromatic rings. The fourth-order valence-electron chi connectivity index (χ4n) is 1.74. The first-order valence-electron chi connectivity index (χ1n) is 6.25. The van der Waals surface area contributed by atoms with Crippen LogP contribution in [0.15, 0.2) is 30.6 Å². The second-order valence-corrected chi connectivity index (χ2v) is 5.55. The number of imidazole rings is 1. The Bertz CT molecular complexity index is 520. The molecule has 0 atom stereocenters. The Labute approximate surface area is 122 Å². The number of anilines is 2. The topological polar surface area (TPSA) is 29.9 Å². The van der Waals surface area contributed by atoms with E-state index in [2.05, 4.69) is 69.5 Å². The van der Waals surface area contributed by atoms with Crippen molar-refractivity contribution in [2.24, 2.45) is 0 Å². The molecule has 4 heteroatoms. The lowest BCUT2D eigenvalue weighted by Gasteiger charge is -2.10. The summed E-state index contributed by atoms with van der Waals surface area (Å²) in [6.07, 6.45) is 6.24. The molecule has 96 valence electrons. The van der Waals surface area contributed by atoms with E-state index < -0.39 is 0 Å². The first-order valence-corrected chi connectivity index (χ1v) is 7.33. The van der Waals surface area contributed by atoms with Crippen LogP contribution in [0.3, 0.4) is 0 Å². The van der Waals surface area contributed by atoms with Gasteiger partial charge in [-0.05, 0) is 53.6 Å². The number of aromatic nitrogens is 2. The third kappa shape index (κ3) is 3.25. The van der Waals surface area contributed by atoms with Gasteiger partial charge in [-0.2, -0.15) is 0 Å². The molecule has 1 N–H and O–H groups in total. The monoisotopic (exact) mass is 355 g/mol. The molecule has 1 heterocycles. The van der Waals surface area contributed by atoms with Crippen LogP contribution < -0.4 is 5.32 Å². The normalized spacial score (nSPS) is 10.6. The van der Waals surface area contributed by atoms with Crippen LogP contribution in [-0.4, -0.2) is 9.55 Å². The minimum absolute atomic E-state index is 0.920. The number of benzene rings is 1. The quantitative estimate of drug-likeness (QED) is 0.809. The van der Waals surface area contributed by atoms with Crippen molar-refractivity contribution < 1.29 is 0 Å². The average Bonchev–Trinajstić information content (AvgIpc) is 2.79. The molecule has 1 aromatic carbocycles. The summed E-state index contributed by atoms with van der Waals surface area (Å²) in [7, 11) is 0. The van der Waals surface area contributed by atoms with Crippen molar-refractivity contribution in [3.63, 3.8) is 0 Å². The Kier molecular flexibility index (Phi) is 4.63. The highest BCUT2D eigenvalue weighted by atomic mass is 127. The summed E-state index contributed by atoms with van der Waals surface area (Å²) in [4.78, 5) is 4.37. The van der Waals surface area contributed by atoms with Gasteiger partial charge >= 0.3 is 0 Å². The Morgan fingerprint density at radius 2 is 2.22 bits per heavy atom. The van der Waals surface area contributed by atoms with E-state index in [1.165, 1.54) is 22.0 Å². The molecular formula is C14H18IN3. The van der Waals surface area contributed by atoms with Gasteiger partial charge in [0.25, 0.3) is 0 Å². The van der Waals surface area contributed by atoms with E-state index in [0.29, 0.717) is 0 Å². The number of nitrogens with zero attached hydrogens (tertiary/aromatic N) is 2. The highest BCUT2D eigenvalue weighted by Gasteiger charge is 2.03. The Hall–Kier alpha value is -1.04. The van der Waals surface area contributed by atoms with Crippen molar-refractivity contribution in [1.82, 2.24) is 9.55 Å². The van der Waals surface area contributed by atoms with E-state index in [1.807, 2.05) is 12.4 Å². The molecule has 0 saturated heterocycles. The van der Waals surface area contributed by atoms with Crippen LogP contribution >= 0.6 is 22.6 Å². The number of halogens is 1. The number of nitrogens with one attached hydrogen (secondary N) is 1. The lowest BCUT2D eigenvalue weighted by Crippen LogP contribution is -2.03. The number of hydrogen-bond donors (Lipinski definition) is 1. The largest absolute Gasteiger partial charge is 0.326 e. The molecule has 0 amide bonds. The second-order valence-electron chi connectivity index (χ2n) is 4.39. The molecule has 0 fully saturated rings. The molecule has 2 rings (SSSR count). The first kappa shape index (κ1) is 13.4. The van der Waals surface area contributed by atoms with Gasteiger partial charge in [0.15, 0.2) is 0 Å². The minimum atomic E-state index is 0.920. The summed E-state index contributed by atoms with van der Waals surface area (Å²) in [5.41, 5.74) is 2.39. The highest BCUT2D eigenvalue weighted by molar-refractivity contribution is 14.1. The lowest BCUT2D eigenvalue weighted by atomic mass is 10.2. The molecule has 0 spiro atoms. The van der Waals surface area contributed by atoms with E-state index >= 15 is 0 Å². The van der Waals surface area contributed by atoms with Crippen LogP contribution in [0.4, 0.5) is 11.6 Å². The zero-order valence-corrected chi connectivity index (χ0v) is 12.9. The maximum absolute atomic E-state index is 4.37. The van der Waals surface area contributed by atoms with E-state index in [1.54, 1.807) is 0 Å². The van der Waals surface area contributed by atoms with Crippen LogP contribution in [0.2, 0.25) is 0 Å². The molecule has 1 aromatic heterocycles. The van der Waals surface area contributed by atoms with Gasteiger partial charge in [-0.15, -0.1) is 0 Å². The van der Waals surface area contributed by atoms with Crippen LogP contribution in [0, 0.1) is 10.5 Å². The molecule has 0 bridgehead atoms. The average molecular weight is 355 g/mol. The maximum Gasteiger partial charge on any atom is 0.207 e. The van der Waals surface area contributed by atoms with Crippen molar-refractivity contribution >= 4 is 34.2 Å². The lowest BCUT2D eigenvalue weighted by molar-refractivity contribution is 0.638. The van der Waals surface area contributed by atoms with Crippen molar-refractivity contribution in [2.45, 2.75) is 33.2 Å². The van der Waals surface area contributed by atoms with E-state index in [9.17, 15) is 0 Å². The van der Waals surface area contributed by atoms with Crippen molar-refractivity contribution in [3.8, 4) is 0 Å². The van der Waals surface area contributed by atoms with E-state index in [-0.39, 0.29) is 0 Å². The third-order valence-electron chi connectivity index (χ3n) is 2.90. The summed E-state index contributed by atoms with van der Waals surface area (Å²) >= 11 is 2.36. The zero-order chi connectivity index (χ0) is 13.0. The summed E-state index contributed by atoms with van der Waals surface area (Å²) in [5, 5.41) is 3.38. The molecule has 0 aliphatic heterocycles. The van der Waals surface area contributed by atoms with Gasteiger partial charge in [-0.25, -0.2) is 4.98 Å². The molecule has 0 saturated carbocycles. The van der Waals surface area contributed by atoms with Crippen molar-refractivity contribution in [3.05, 3.63) is 39.7 Å². The van der Waals surface area contributed by atoms with Crippen LogP contribution in [0.5, 0.6) is 0 Å². The van der Waals surface area contributed by atoms with Gasteiger partial charge in [0.1, 0.15) is 0 Å². The number of rotatable bonds is 5. The molecule has 0 radical (unpaired) electrons. The van der Waals surface area contributed by atoms with Gasteiger partial charge in [-0.3, -0.25) is 0 Å². The van der Waals surface area contributed by atoms with Crippen LogP contribution in [0.1, 0.15) is 25.3 Å². The molecule has 0 aliphatic carbocycles. The smallest absolute Gasteiger partial charge is 0.207 e. The van der Waals surface area contributed by atoms with Crippen molar-refractivity contribution in [2.75, 3.05) is 5.32 Å². The molecule has 0 unspecified atom stereocenters. The number of unbranched alkanes of at least 4 members (excludes halogenated alkanes) is 1. The van der Waals surface area contributed by atoms with Gasteiger partial charge in [0.2, 0.25) is 5.95 Å². The first-order chi connectivity index (χ1) is 8.70. The fourth-order valence-corrected chi connectivity index (χ4v) is 2.26. The van der Waals surface area contributed by atoms with Gasteiger partial charge in [0, 0.05) is 28.2 Å². The summed E-state index contributed by atoms with van der Waals surface area (Å²) in [5.74, 6) is 0.920. The number of hydrogen-bond acceptors (Lipinski definition) is 2. The van der Waals surface area contributed by atoms with Crippen molar-refractivity contribution in [1.29, 1.82) is 0 Å². The Balaban J connectivity index is 2.13. The SMILES string of the molecule is CCCCn1ccnc1Nc1ccc(C)c(I)c1. The Morgan fingerprint density at radius 1 is 1.39 bits per heavy atom. The number of aryl methyl sites for hydroxylation is 2. The van der Waals surface area contributed by atoms with E-state index in [0.717, 1.165) is 18.2 Å². The maximum atomic E-state index is 4.37. The summed E-state index contributed by atoms with van der Waals surface area (Å²) in [6.45, 7) is 5.34. The fraction of sp³-hybridized carbons (Fsp3) is 0.357. The van der Waals surface area contributed by atoms with Gasteiger partial charge in [-0.1, -0.05) is 19.4 Å². The van der Waals surface area contributed by atoms with E-state index in [4.69, 9.17) is 0 Å². The predicted molar refractivity (Wildman–Crippen MR) is 84.3 cm³/mol. The molecular weight excluding hydrogens is 337 g/mol. The summed E-state index contributed by atoms with van der Waals surface area (Å²) in [6, 6.07) is 6.37. The van der Waals surface area contributed by atoms with Gasteiger partial charge < -0.3 is 9.88 Å². The Morgan fingerprint density at radius 3 is 2.94 bits per heavy atom. The standard InChI is InChI=1S/C14H18IN3/c1-3-4-8-18-9-7-16-14(18)17-12-6-5-11(2)13(15)10-12/h5-7,9-10H,3-4,8H2,1-2H3,(H,16,17). The summed E-state index contributed by atoms with van der Waals surface area (Å²) < 4.78 is 3.43. The second kappa shape index (κ2) is 6.22.